The largest absolute Gasteiger partial charge is 0.414 e. The first-order valence-electron chi connectivity index (χ1n) is 13.4. The zero-order valence-corrected chi connectivity index (χ0v) is 24.3. The Hall–Kier alpha value is -2.37. The normalized spacial score (nSPS) is 24.5. The highest BCUT2D eigenvalue weighted by molar-refractivity contribution is 6.74. The lowest BCUT2D eigenvalue weighted by Gasteiger charge is -2.37. The number of aryl methyl sites for hydroxylation is 1. The van der Waals surface area contributed by atoms with Gasteiger partial charge in [-0.2, -0.15) is 4.57 Å². The van der Waals surface area contributed by atoms with Crippen molar-refractivity contribution >= 4 is 14.2 Å². The molecule has 0 spiro atoms. The monoisotopic (exact) mass is 544 g/mol. The number of nitrogens with zero attached hydrogens (tertiary/aromatic N) is 2. The molecule has 3 heterocycles. The van der Waals surface area contributed by atoms with Crippen molar-refractivity contribution in [3.8, 4) is 0 Å². The van der Waals surface area contributed by atoms with Crippen LogP contribution in [0.2, 0.25) is 18.1 Å². The maximum atomic E-state index is 13.5. The first-order valence-corrected chi connectivity index (χ1v) is 16.3. The van der Waals surface area contributed by atoms with Crippen molar-refractivity contribution in [2.45, 2.75) is 96.2 Å². The van der Waals surface area contributed by atoms with Crippen LogP contribution >= 0.6 is 0 Å². The van der Waals surface area contributed by atoms with Gasteiger partial charge in [-0.05, 0) is 56.5 Å². The molecular formula is C28H40N2O7Si. The predicted molar refractivity (Wildman–Crippen MR) is 146 cm³/mol. The van der Waals surface area contributed by atoms with E-state index in [1.54, 1.807) is 37.3 Å². The highest BCUT2D eigenvalue weighted by Crippen LogP contribution is 2.38. The van der Waals surface area contributed by atoms with Crippen molar-refractivity contribution in [3.63, 3.8) is 0 Å². The van der Waals surface area contributed by atoms with Gasteiger partial charge >= 0.3 is 5.69 Å². The van der Waals surface area contributed by atoms with E-state index < -0.39 is 37.8 Å². The average Bonchev–Trinajstić information content (AvgIpc) is 3.27. The van der Waals surface area contributed by atoms with Gasteiger partial charge in [-0.1, -0.05) is 39.0 Å². The van der Waals surface area contributed by atoms with E-state index in [1.165, 1.54) is 10.8 Å². The molecule has 0 aliphatic carbocycles. The Bertz CT molecular complexity index is 1240. The summed E-state index contributed by atoms with van der Waals surface area (Å²) >= 11 is 0. The summed E-state index contributed by atoms with van der Waals surface area (Å²) in [6.07, 6.45) is 2.80. The van der Waals surface area contributed by atoms with Crippen molar-refractivity contribution < 1.29 is 23.4 Å². The zero-order chi connectivity index (χ0) is 27.7. The maximum absolute atomic E-state index is 13.5. The summed E-state index contributed by atoms with van der Waals surface area (Å²) in [6, 6.07) is 8.30. The molecule has 9 nitrogen and oxygen atoms in total. The first-order chi connectivity index (χ1) is 17.9. The second-order valence-corrected chi connectivity index (χ2v) is 16.5. The van der Waals surface area contributed by atoms with Crippen LogP contribution in [0.1, 0.15) is 68.6 Å². The topological polar surface area (TPSA) is 98.0 Å². The summed E-state index contributed by atoms with van der Waals surface area (Å²) in [7, 11) is -2.07. The molecule has 4 atom stereocenters. The molecule has 2 aliphatic heterocycles. The van der Waals surface area contributed by atoms with Crippen LogP contribution in [0.25, 0.3) is 0 Å². The highest BCUT2D eigenvalue weighted by atomic mass is 28.4. The number of benzene rings is 1. The molecule has 2 aromatic rings. The Morgan fingerprint density at radius 2 is 1.84 bits per heavy atom. The molecule has 0 amide bonds. The summed E-state index contributed by atoms with van der Waals surface area (Å²) in [5.41, 5.74) is -0.851. The van der Waals surface area contributed by atoms with E-state index in [0.717, 1.165) is 19.3 Å². The number of hydrogen-bond acceptors (Lipinski definition) is 7. The van der Waals surface area contributed by atoms with Gasteiger partial charge in [-0.15, -0.1) is 0 Å². The number of carbonyl (C=O) groups excluding carboxylic acids is 1. The molecule has 1 unspecified atom stereocenters. The van der Waals surface area contributed by atoms with Gasteiger partial charge in [0.05, 0.1) is 12.7 Å². The Morgan fingerprint density at radius 3 is 2.47 bits per heavy atom. The second kappa shape index (κ2) is 11.4. The van der Waals surface area contributed by atoms with E-state index in [2.05, 4.69) is 33.9 Å². The number of rotatable bonds is 7. The van der Waals surface area contributed by atoms with E-state index in [0.29, 0.717) is 24.2 Å². The van der Waals surface area contributed by atoms with Gasteiger partial charge in [0.25, 0.3) is 11.5 Å². The summed E-state index contributed by atoms with van der Waals surface area (Å²) in [6.45, 7) is 13.4. The number of aromatic nitrogens is 2. The van der Waals surface area contributed by atoms with Crippen molar-refractivity contribution in [1.82, 2.24) is 9.13 Å². The van der Waals surface area contributed by atoms with E-state index in [1.807, 2.05) is 0 Å². The molecule has 1 aromatic carbocycles. The Labute approximate surface area is 224 Å². The molecule has 1 aromatic heterocycles. The molecule has 208 valence electrons. The van der Waals surface area contributed by atoms with Crippen LogP contribution in [-0.2, 0) is 18.6 Å². The second-order valence-electron chi connectivity index (χ2n) is 11.7. The van der Waals surface area contributed by atoms with Crippen LogP contribution in [0.5, 0.6) is 0 Å². The van der Waals surface area contributed by atoms with Gasteiger partial charge in [-0.3, -0.25) is 14.2 Å². The molecule has 0 N–H and O–H groups in total. The third-order valence-corrected chi connectivity index (χ3v) is 12.4. The molecule has 38 heavy (non-hydrogen) atoms. The SMILES string of the molecule is Cc1cn([C@H]2C[C@H](OC3CCCCO3)[C@@H](CO[Si](C)(C)C(C)(C)C)O2)c(=O)n(C(=O)c2ccccc2)c1=O. The lowest BCUT2D eigenvalue weighted by molar-refractivity contribution is -0.199. The van der Waals surface area contributed by atoms with Crippen molar-refractivity contribution in [2.75, 3.05) is 13.2 Å². The Kier molecular flexibility index (Phi) is 8.58. The molecule has 4 rings (SSSR count). The van der Waals surface area contributed by atoms with Gasteiger partial charge in [0.2, 0.25) is 0 Å². The number of carbonyl (C=O) groups is 1. The maximum Gasteiger partial charge on any atom is 0.340 e. The van der Waals surface area contributed by atoms with E-state index in [9.17, 15) is 14.4 Å². The van der Waals surface area contributed by atoms with Crippen LogP contribution in [-0.4, -0.2) is 55.1 Å². The molecule has 2 aliphatic rings. The summed E-state index contributed by atoms with van der Waals surface area (Å²) in [5.74, 6) is -0.669. The Morgan fingerprint density at radius 1 is 1.13 bits per heavy atom. The molecule has 0 bridgehead atoms. The molecule has 10 heteroatoms. The molecule has 2 saturated heterocycles. The van der Waals surface area contributed by atoms with Gasteiger partial charge in [0, 0.05) is 30.4 Å². The summed E-state index contributed by atoms with van der Waals surface area (Å²) in [5, 5.41) is 0.0230. The van der Waals surface area contributed by atoms with Crippen molar-refractivity contribution in [3.05, 3.63) is 68.5 Å². The molecular weight excluding hydrogens is 504 g/mol. The minimum atomic E-state index is -2.07. The minimum absolute atomic E-state index is 0.0230. The van der Waals surface area contributed by atoms with Crippen molar-refractivity contribution in [2.24, 2.45) is 0 Å². The fourth-order valence-electron chi connectivity index (χ4n) is 4.48. The zero-order valence-electron chi connectivity index (χ0n) is 23.3. The van der Waals surface area contributed by atoms with Gasteiger partial charge in [-0.25, -0.2) is 4.79 Å². The summed E-state index contributed by atoms with van der Waals surface area (Å²) in [4.78, 5) is 39.6. The number of ether oxygens (including phenoxy) is 3. The smallest absolute Gasteiger partial charge is 0.340 e. The van der Waals surface area contributed by atoms with Crippen LogP contribution < -0.4 is 11.2 Å². The standard InChI is InChI=1S/C28H40N2O7Si/c1-19-17-29(27(33)30(25(19)31)26(32)20-12-8-7-9-13-20)23-16-21(37-24-14-10-11-15-34-24)22(36-23)18-35-38(5,6)28(2,3)4/h7-9,12-13,17,21-24H,10-11,14-16,18H2,1-6H3/t21-,22+,23+,24?/m0/s1. The molecule has 2 fully saturated rings. The average molecular weight is 545 g/mol. The van der Waals surface area contributed by atoms with Gasteiger partial charge < -0.3 is 18.6 Å². The fraction of sp³-hybridized carbons (Fsp3) is 0.607. The summed E-state index contributed by atoms with van der Waals surface area (Å²) < 4.78 is 27.0. The first kappa shape index (κ1) is 28.6. The highest BCUT2D eigenvalue weighted by Gasteiger charge is 2.43. The lowest BCUT2D eigenvalue weighted by atomic mass is 10.1. The molecule has 0 saturated carbocycles. The predicted octanol–water partition coefficient (Wildman–Crippen LogP) is 4.23. The third kappa shape index (κ3) is 6.10. The Balaban J connectivity index is 1.63. The minimum Gasteiger partial charge on any atom is -0.414 e. The van der Waals surface area contributed by atoms with E-state index in [4.69, 9.17) is 18.6 Å². The van der Waals surface area contributed by atoms with Crippen LogP contribution in [0.3, 0.4) is 0 Å². The quantitative estimate of drug-likeness (QED) is 0.481. The van der Waals surface area contributed by atoms with Gasteiger partial charge in [0.15, 0.2) is 14.6 Å². The van der Waals surface area contributed by atoms with Crippen molar-refractivity contribution in [1.29, 1.82) is 0 Å². The third-order valence-electron chi connectivity index (χ3n) is 7.88. The van der Waals surface area contributed by atoms with Crippen LogP contribution in [0.4, 0.5) is 0 Å². The lowest BCUT2D eigenvalue weighted by Crippen LogP contribution is -2.45. The van der Waals surface area contributed by atoms with Crippen LogP contribution in [0, 0.1) is 6.92 Å². The van der Waals surface area contributed by atoms with E-state index >= 15 is 0 Å². The number of hydrogen-bond donors (Lipinski definition) is 0. The fourth-order valence-corrected chi connectivity index (χ4v) is 5.49. The molecule has 0 radical (unpaired) electrons. The van der Waals surface area contributed by atoms with Gasteiger partial charge in [0.1, 0.15) is 12.3 Å². The van der Waals surface area contributed by atoms with E-state index in [-0.39, 0.29) is 28.6 Å². The van der Waals surface area contributed by atoms with Crippen LogP contribution in [0.15, 0.2) is 46.1 Å².